The molecule has 1 heterocycles. The number of aromatic nitrogens is 1. The highest BCUT2D eigenvalue weighted by atomic mass is 15.2. The average molecular weight is 765 g/mol. The second-order valence-corrected chi connectivity index (χ2v) is 15.3. The van der Waals surface area contributed by atoms with Crippen LogP contribution >= 0.6 is 0 Å². The summed E-state index contributed by atoms with van der Waals surface area (Å²) in [6, 6.07) is 87.9. The Morgan fingerprint density at radius 3 is 1.52 bits per heavy atom. The van der Waals surface area contributed by atoms with Gasteiger partial charge in [-0.25, -0.2) is 0 Å². The Morgan fingerprint density at radius 1 is 0.283 bits per heavy atom. The second kappa shape index (κ2) is 15.1. The van der Waals surface area contributed by atoms with Crippen molar-refractivity contribution in [3.8, 4) is 50.2 Å². The maximum absolute atomic E-state index is 2.47. The first kappa shape index (κ1) is 35.2. The van der Waals surface area contributed by atoms with Crippen molar-refractivity contribution in [2.45, 2.75) is 0 Å². The fourth-order valence-electron chi connectivity index (χ4n) is 9.03. The van der Waals surface area contributed by atoms with E-state index < -0.39 is 0 Å². The number of anilines is 3. The van der Waals surface area contributed by atoms with Gasteiger partial charge in [0.15, 0.2) is 0 Å². The molecule has 10 aromatic carbocycles. The Kier molecular flexibility index (Phi) is 8.87. The van der Waals surface area contributed by atoms with Crippen LogP contribution in [0.4, 0.5) is 17.1 Å². The number of para-hydroxylation sites is 3. The predicted octanol–water partition coefficient (Wildman–Crippen LogP) is 16.1. The summed E-state index contributed by atoms with van der Waals surface area (Å²) in [6.07, 6.45) is 0. The van der Waals surface area contributed by atoms with E-state index in [0.717, 1.165) is 44.9 Å². The van der Waals surface area contributed by atoms with Gasteiger partial charge < -0.3 is 9.47 Å². The van der Waals surface area contributed by atoms with Gasteiger partial charge in [0, 0.05) is 27.6 Å². The predicted molar refractivity (Wildman–Crippen MR) is 255 cm³/mol. The molecule has 0 unspecified atom stereocenters. The van der Waals surface area contributed by atoms with Crippen molar-refractivity contribution < 1.29 is 0 Å². The van der Waals surface area contributed by atoms with Crippen LogP contribution in [0.1, 0.15) is 0 Å². The first-order valence-electron chi connectivity index (χ1n) is 20.6. The monoisotopic (exact) mass is 764 g/mol. The lowest BCUT2D eigenvalue weighted by Gasteiger charge is -2.29. The highest BCUT2D eigenvalue weighted by Crippen LogP contribution is 2.47. The lowest BCUT2D eigenvalue weighted by molar-refractivity contribution is 1.18. The van der Waals surface area contributed by atoms with E-state index in [1.54, 1.807) is 0 Å². The molecule has 11 aromatic rings. The summed E-state index contributed by atoms with van der Waals surface area (Å²) in [6.45, 7) is 0. The third-order valence-corrected chi connectivity index (χ3v) is 11.8. The second-order valence-electron chi connectivity index (χ2n) is 15.3. The number of hydrogen-bond acceptors (Lipinski definition) is 1. The minimum atomic E-state index is 1.09. The Labute approximate surface area is 350 Å². The van der Waals surface area contributed by atoms with Gasteiger partial charge in [0.2, 0.25) is 0 Å². The van der Waals surface area contributed by atoms with E-state index in [2.05, 4.69) is 252 Å². The lowest BCUT2D eigenvalue weighted by Crippen LogP contribution is -2.11. The molecule has 282 valence electrons. The number of fused-ring (bicyclic) bond motifs is 4. The molecule has 11 rings (SSSR count). The van der Waals surface area contributed by atoms with Gasteiger partial charge in [-0.2, -0.15) is 0 Å². The molecule has 0 spiro atoms. The van der Waals surface area contributed by atoms with E-state index in [9.17, 15) is 0 Å². The number of nitrogens with zero attached hydrogens (tertiary/aromatic N) is 2. The van der Waals surface area contributed by atoms with Crippen molar-refractivity contribution >= 4 is 49.6 Å². The van der Waals surface area contributed by atoms with Gasteiger partial charge in [0.25, 0.3) is 0 Å². The SMILES string of the molecule is c1ccc(-c2ccc(-c3ccccc3N(c3ccc(-c4ccccc4)cc3)c3cccc4c3c3ccccc3n4-c3ccccc3-c3cccc4ccccc34)cc2)cc1. The molecule has 0 saturated carbocycles. The molecule has 0 N–H and O–H groups in total. The van der Waals surface area contributed by atoms with Crippen molar-refractivity contribution in [1.29, 1.82) is 0 Å². The molecule has 0 amide bonds. The van der Waals surface area contributed by atoms with Crippen LogP contribution in [-0.4, -0.2) is 4.57 Å². The molecular weight excluding hydrogens is 725 g/mol. The van der Waals surface area contributed by atoms with Crippen LogP contribution < -0.4 is 4.90 Å². The van der Waals surface area contributed by atoms with E-state index in [1.165, 1.54) is 54.9 Å². The molecule has 2 nitrogen and oxygen atoms in total. The number of rotatable bonds is 8. The Hall–Kier alpha value is -7.94. The zero-order valence-electron chi connectivity index (χ0n) is 33.0. The van der Waals surface area contributed by atoms with E-state index in [0.29, 0.717) is 0 Å². The first-order chi connectivity index (χ1) is 29.8. The summed E-state index contributed by atoms with van der Waals surface area (Å²) in [5, 5.41) is 4.87. The van der Waals surface area contributed by atoms with E-state index in [4.69, 9.17) is 0 Å². The summed E-state index contributed by atoms with van der Waals surface area (Å²) in [4.78, 5) is 2.46. The summed E-state index contributed by atoms with van der Waals surface area (Å²) in [5.41, 5.74) is 16.3. The quantitative estimate of drug-likeness (QED) is 0.150. The van der Waals surface area contributed by atoms with Crippen molar-refractivity contribution in [2.75, 3.05) is 4.90 Å². The molecule has 60 heavy (non-hydrogen) atoms. The van der Waals surface area contributed by atoms with Gasteiger partial charge in [0.1, 0.15) is 0 Å². The molecule has 0 atom stereocenters. The smallest absolute Gasteiger partial charge is 0.0562 e. The van der Waals surface area contributed by atoms with Crippen LogP contribution in [0.2, 0.25) is 0 Å². The minimum absolute atomic E-state index is 1.09. The highest BCUT2D eigenvalue weighted by Gasteiger charge is 2.24. The Balaban J connectivity index is 1.15. The van der Waals surface area contributed by atoms with Crippen molar-refractivity contribution in [3.05, 3.63) is 243 Å². The van der Waals surface area contributed by atoms with Gasteiger partial charge in [-0.05, 0) is 86.6 Å². The Bertz CT molecular complexity index is 3280. The molecule has 0 saturated heterocycles. The van der Waals surface area contributed by atoms with Crippen LogP contribution in [0.25, 0.3) is 82.8 Å². The molecule has 0 aliphatic carbocycles. The van der Waals surface area contributed by atoms with E-state index >= 15 is 0 Å². The minimum Gasteiger partial charge on any atom is -0.309 e. The molecule has 2 heteroatoms. The first-order valence-corrected chi connectivity index (χ1v) is 20.6. The van der Waals surface area contributed by atoms with Crippen molar-refractivity contribution in [1.82, 2.24) is 4.57 Å². The average Bonchev–Trinajstić information content (AvgIpc) is 3.67. The third-order valence-electron chi connectivity index (χ3n) is 11.8. The van der Waals surface area contributed by atoms with Gasteiger partial charge >= 0.3 is 0 Å². The van der Waals surface area contributed by atoms with Crippen LogP contribution in [-0.2, 0) is 0 Å². The van der Waals surface area contributed by atoms with E-state index in [-0.39, 0.29) is 0 Å². The molecule has 0 bridgehead atoms. The lowest BCUT2D eigenvalue weighted by atomic mass is 9.97. The molecule has 1 aromatic heterocycles. The highest BCUT2D eigenvalue weighted by molar-refractivity contribution is 6.17. The summed E-state index contributed by atoms with van der Waals surface area (Å²) in [5.74, 6) is 0. The third kappa shape index (κ3) is 6.14. The van der Waals surface area contributed by atoms with Crippen LogP contribution in [0.3, 0.4) is 0 Å². The van der Waals surface area contributed by atoms with Crippen molar-refractivity contribution in [2.24, 2.45) is 0 Å². The van der Waals surface area contributed by atoms with Gasteiger partial charge in [-0.3, -0.25) is 0 Å². The normalized spacial score (nSPS) is 11.3. The van der Waals surface area contributed by atoms with Crippen LogP contribution in [0.5, 0.6) is 0 Å². The zero-order valence-corrected chi connectivity index (χ0v) is 33.0. The zero-order chi connectivity index (χ0) is 39.8. The molecule has 0 radical (unpaired) electrons. The van der Waals surface area contributed by atoms with Crippen molar-refractivity contribution in [3.63, 3.8) is 0 Å². The van der Waals surface area contributed by atoms with Gasteiger partial charge in [0.05, 0.1) is 28.1 Å². The standard InChI is InChI=1S/C58H40N2/c1-3-17-41(18-4-1)43-33-35-46(36-34-43)49-24-9-12-28-53(49)59(47-39-37-44(38-40-47)42-19-5-2-6-20-42)56-31-16-32-57-58(56)52-26-11-14-30-55(52)60(57)54-29-13-10-25-51(54)50-27-15-22-45-21-7-8-23-48(45)50/h1-40H. The maximum Gasteiger partial charge on any atom is 0.0562 e. The fourth-order valence-corrected chi connectivity index (χ4v) is 9.03. The maximum atomic E-state index is 2.47. The summed E-state index contributed by atoms with van der Waals surface area (Å²) >= 11 is 0. The largest absolute Gasteiger partial charge is 0.309 e. The molecule has 0 aliphatic heterocycles. The summed E-state index contributed by atoms with van der Waals surface area (Å²) in [7, 11) is 0. The van der Waals surface area contributed by atoms with Crippen LogP contribution in [0, 0.1) is 0 Å². The molecule has 0 aliphatic rings. The topological polar surface area (TPSA) is 8.17 Å². The number of hydrogen-bond donors (Lipinski definition) is 0. The van der Waals surface area contributed by atoms with Gasteiger partial charge in [-0.15, -0.1) is 0 Å². The number of benzene rings is 10. The van der Waals surface area contributed by atoms with Gasteiger partial charge in [-0.1, -0.05) is 200 Å². The fraction of sp³-hybridized carbons (Fsp3) is 0. The molecule has 0 fully saturated rings. The summed E-state index contributed by atoms with van der Waals surface area (Å²) < 4.78 is 2.47. The van der Waals surface area contributed by atoms with E-state index in [1.807, 2.05) is 0 Å². The van der Waals surface area contributed by atoms with Crippen LogP contribution in [0.15, 0.2) is 243 Å². The molecular formula is C58H40N2. The Morgan fingerprint density at radius 2 is 0.767 bits per heavy atom.